The molecule has 0 radical (unpaired) electrons. The van der Waals surface area contributed by atoms with Gasteiger partial charge in [-0.3, -0.25) is 9.69 Å². The van der Waals surface area contributed by atoms with Gasteiger partial charge in [-0.05, 0) is 117 Å². The van der Waals surface area contributed by atoms with E-state index in [1.165, 1.54) is 34.4 Å². The SMILES string of the molecule is COc1cc2c(cc1OC)C(CCCCNC(C)C)N(CCCC(CCCNC(=O)CCc1ccc(F)cc1)(c1ccccc1)c1ccccc1)CC2. The first kappa shape index (κ1) is 40.0. The number of nitrogens with one attached hydrogen (secondary N) is 2. The molecule has 4 aromatic rings. The van der Waals surface area contributed by atoms with Crippen LogP contribution in [0.25, 0.3) is 0 Å². The Bertz CT molecular complexity index is 1640. The standard InChI is InChI=1S/C46H60FN3O3/c1-35(2)48-29-12-11-19-42-41-34-44(53-4)43(52-3)33-37(41)26-32-50(42)31-14-28-46(38-15-7-5-8-16-38,39-17-9-6-10-18-39)27-13-30-49-45(51)25-22-36-20-23-40(47)24-21-36/h5-10,15-18,20-21,23-24,33-35,42,48H,11-14,19,22,25-32H2,1-4H3,(H,49,51). The van der Waals surface area contributed by atoms with Gasteiger partial charge >= 0.3 is 0 Å². The number of carbonyl (C=O) groups is 1. The van der Waals surface area contributed by atoms with Crippen molar-refractivity contribution < 1.29 is 18.7 Å². The highest BCUT2D eigenvalue weighted by Crippen LogP contribution is 2.43. The quantitative estimate of drug-likeness (QED) is 0.0841. The molecule has 0 aliphatic carbocycles. The molecule has 0 fully saturated rings. The van der Waals surface area contributed by atoms with Gasteiger partial charge in [-0.25, -0.2) is 4.39 Å². The maximum atomic E-state index is 13.3. The van der Waals surface area contributed by atoms with E-state index in [0.29, 0.717) is 31.5 Å². The molecule has 1 amide bonds. The van der Waals surface area contributed by atoms with Gasteiger partial charge in [-0.1, -0.05) is 93.1 Å². The third-order valence-electron chi connectivity index (χ3n) is 10.9. The lowest BCUT2D eigenvalue weighted by Gasteiger charge is -2.40. The summed E-state index contributed by atoms with van der Waals surface area (Å²) in [6.07, 6.45) is 9.21. The van der Waals surface area contributed by atoms with Crippen LogP contribution in [0.1, 0.15) is 99.1 Å². The summed E-state index contributed by atoms with van der Waals surface area (Å²) in [6, 6.07) is 33.5. The number of benzene rings is 4. The van der Waals surface area contributed by atoms with Gasteiger partial charge in [0.1, 0.15) is 5.82 Å². The maximum Gasteiger partial charge on any atom is 0.220 e. The number of hydrogen-bond donors (Lipinski definition) is 2. The second-order valence-electron chi connectivity index (χ2n) is 14.8. The molecule has 6 nitrogen and oxygen atoms in total. The summed E-state index contributed by atoms with van der Waals surface area (Å²) in [5.41, 5.74) is 6.16. The molecule has 1 aliphatic heterocycles. The molecule has 284 valence electrons. The average Bonchev–Trinajstić information content (AvgIpc) is 3.18. The number of aryl methyl sites for hydroxylation is 1. The minimum absolute atomic E-state index is 0.0324. The first-order chi connectivity index (χ1) is 25.8. The van der Waals surface area contributed by atoms with Crippen molar-refractivity contribution >= 4 is 5.91 Å². The molecule has 5 rings (SSSR count). The van der Waals surface area contributed by atoms with E-state index in [1.54, 1.807) is 26.4 Å². The Kier molecular flexibility index (Phi) is 15.3. The average molecular weight is 722 g/mol. The van der Waals surface area contributed by atoms with Crippen LogP contribution in [-0.4, -0.2) is 57.2 Å². The molecule has 7 heteroatoms. The largest absolute Gasteiger partial charge is 0.493 e. The summed E-state index contributed by atoms with van der Waals surface area (Å²) in [4.78, 5) is 15.5. The Labute approximate surface area is 317 Å². The number of amides is 1. The molecular formula is C46H60FN3O3. The molecule has 2 N–H and O–H groups in total. The van der Waals surface area contributed by atoms with Crippen LogP contribution in [0.4, 0.5) is 4.39 Å². The third-order valence-corrected chi connectivity index (χ3v) is 10.9. The first-order valence-corrected chi connectivity index (χ1v) is 19.7. The Hall–Kier alpha value is -4.20. The van der Waals surface area contributed by atoms with Gasteiger partial charge in [0.05, 0.1) is 14.2 Å². The first-order valence-electron chi connectivity index (χ1n) is 19.7. The van der Waals surface area contributed by atoms with Crippen molar-refractivity contribution in [2.24, 2.45) is 0 Å². The Morgan fingerprint density at radius 1 is 0.830 bits per heavy atom. The number of halogens is 1. The lowest BCUT2D eigenvalue weighted by Crippen LogP contribution is -2.38. The van der Waals surface area contributed by atoms with Crippen LogP contribution < -0.4 is 20.1 Å². The lowest BCUT2D eigenvalue weighted by atomic mass is 9.68. The van der Waals surface area contributed by atoms with Crippen molar-refractivity contribution in [2.75, 3.05) is 40.4 Å². The zero-order chi connectivity index (χ0) is 37.5. The lowest BCUT2D eigenvalue weighted by molar-refractivity contribution is -0.121. The fraction of sp³-hybridized carbons (Fsp3) is 0.457. The highest BCUT2D eigenvalue weighted by Gasteiger charge is 2.35. The van der Waals surface area contributed by atoms with Crippen LogP contribution in [0.2, 0.25) is 0 Å². The van der Waals surface area contributed by atoms with Gasteiger partial charge in [0.2, 0.25) is 5.91 Å². The van der Waals surface area contributed by atoms with Gasteiger partial charge in [0.15, 0.2) is 11.5 Å². The predicted octanol–water partition coefficient (Wildman–Crippen LogP) is 9.21. The summed E-state index contributed by atoms with van der Waals surface area (Å²) in [5, 5.41) is 6.76. The molecule has 1 unspecified atom stereocenters. The number of nitrogens with zero attached hydrogens (tertiary/aromatic N) is 1. The van der Waals surface area contributed by atoms with Crippen molar-refractivity contribution in [3.63, 3.8) is 0 Å². The van der Waals surface area contributed by atoms with Crippen molar-refractivity contribution in [3.05, 3.63) is 131 Å². The fourth-order valence-electron chi connectivity index (χ4n) is 8.12. The number of fused-ring (bicyclic) bond motifs is 1. The number of hydrogen-bond acceptors (Lipinski definition) is 5. The van der Waals surface area contributed by atoms with Gasteiger partial charge in [-0.2, -0.15) is 0 Å². The summed E-state index contributed by atoms with van der Waals surface area (Å²) >= 11 is 0. The summed E-state index contributed by atoms with van der Waals surface area (Å²) < 4.78 is 24.8. The maximum absolute atomic E-state index is 13.3. The third kappa shape index (κ3) is 11.2. The predicted molar refractivity (Wildman–Crippen MR) is 214 cm³/mol. The Balaban J connectivity index is 1.30. The van der Waals surface area contributed by atoms with Crippen molar-refractivity contribution in [3.8, 4) is 11.5 Å². The molecule has 0 aromatic heterocycles. The Morgan fingerprint density at radius 3 is 2.11 bits per heavy atom. The number of rotatable bonds is 21. The zero-order valence-electron chi connectivity index (χ0n) is 32.3. The second kappa shape index (κ2) is 20.3. The van der Waals surface area contributed by atoms with Gasteiger partial charge < -0.3 is 20.1 Å². The van der Waals surface area contributed by atoms with Crippen molar-refractivity contribution in [1.29, 1.82) is 0 Å². The minimum atomic E-state index is -0.258. The molecule has 0 spiro atoms. The number of unbranched alkanes of at least 4 members (excludes halogenated alkanes) is 1. The highest BCUT2D eigenvalue weighted by atomic mass is 19.1. The number of ether oxygens (including phenoxy) is 2. The molecule has 0 saturated heterocycles. The van der Waals surface area contributed by atoms with Crippen LogP contribution in [0, 0.1) is 5.82 Å². The van der Waals surface area contributed by atoms with Gasteiger partial charge in [0.25, 0.3) is 0 Å². The van der Waals surface area contributed by atoms with E-state index in [0.717, 1.165) is 88.1 Å². The minimum Gasteiger partial charge on any atom is -0.493 e. The smallest absolute Gasteiger partial charge is 0.220 e. The van der Waals surface area contributed by atoms with E-state index >= 15 is 0 Å². The van der Waals surface area contributed by atoms with E-state index in [1.807, 2.05) is 0 Å². The fourth-order valence-corrected chi connectivity index (χ4v) is 8.12. The number of carbonyl (C=O) groups excluding carboxylic acids is 1. The van der Waals surface area contributed by atoms with Gasteiger partial charge in [0, 0.05) is 37.0 Å². The molecule has 53 heavy (non-hydrogen) atoms. The normalized spacial score (nSPS) is 14.6. The Morgan fingerprint density at radius 2 is 1.47 bits per heavy atom. The number of methoxy groups -OCH3 is 2. The summed E-state index contributed by atoms with van der Waals surface area (Å²) in [7, 11) is 3.44. The summed E-state index contributed by atoms with van der Waals surface area (Å²) in [5.74, 6) is 1.38. The second-order valence-corrected chi connectivity index (χ2v) is 14.8. The highest BCUT2D eigenvalue weighted by molar-refractivity contribution is 5.76. The van der Waals surface area contributed by atoms with Crippen LogP contribution in [-0.2, 0) is 23.1 Å². The molecule has 0 saturated carbocycles. The molecule has 1 atom stereocenters. The van der Waals surface area contributed by atoms with E-state index in [2.05, 4.69) is 102 Å². The van der Waals surface area contributed by atoms with E-state index < -0.39 is 0 Å². The van der Waals surface area contributed by atoms with E-state index in [-0.39, 0.29) is 17.1 Å². The zero-order valence-corrected chi connectivity index (χ0v) is 32.3. The monoisotopic (exact) mass is 721 g/mol. The van der Waals surface area contributed by atoms with Crippen molar-refractivity contribution in [2.45, 2.75) is 95.6 Å². The molecule has 1 aliphatic rings. The van der Waals surface area contributed by atoms with Crippen LogP contribution in [0.3, 0.4) is 0 Å². The van der Waals surface area contributed by atoms with Crippen molar-refractivity contribution in [1.82, 2.24) is 15.5 Å². The molecular weight excluding hydrogens is 662 g/mol. The molecule has 1 heterocycles. The van der Waals surface area contributed by atoms with E-state index in [4.69, 9.17) is 9.47 Å². The summed E-state index contributed by atoms with van der Waals surface area (Å²) in [6.45, 7) is 8.09. The van der Waals surface area contributed by atoms with E-state index in [9.17, 15) is 9.18 Å². The topological polar surface area (TPSA) is 62.8 Å². The van der Waals surface area contributed by atoms with Crippen LogP contribution >= 0.6 is 0 Å². The van der Waals surface area contributed by atoms with Crippen LogP contribution in [0.5, 0.6) is 11.5 Å². The van der Waals surface area contributed by atoms with Gasteiger partial charge in [-0.15, -0.1) is 0 Å². The molecule has 0 bridgehead atoms. The molecule has 4 aromatic carbocycles. The van der Waals surface area contributed by atoms with Crippen LogP contribution in [0.15, 0.2) is 97.1 Å².